The number of unbranched alkanes of at least 4 members (excludes halogenated alkanes) is 14. The Morgan fingerprint density at radius 2 is 1.13 bits per heavy atom. The van der Waals surface area contributed by atoms with Crippen molar-refractivity contribution in [3.63, 3.8) is 0 Å². The van der Waals surface area contributed by atoms with Crippen molar-refractivity contribution < 1.29 is 44.2 Å². The van der Waals surface area contributed by atoms with Crippen molar-refractivity contribution in [2.24, 2.45) is 0 Å². The van der Waals surface area contributed by atoms with Gasteiger partial charge in [0.05, 0.1) is 19.8 Å². The van der Waals surface area contributed by atoms with Crippen LogP contribution < -0.4 is 0 Å². The largest absolute Gasteiger partial charge is 0.457 e. The van der Waals surface area contributed by atoms with Crippen molar-refractivity contribution in [2.75, 3.05) is 26.4 Å². The molecule has 1 aliphatic rings. The van der Waals surface area contributed by atoms with Gasteiger partial charge in [0.15, 0.2) is 6.29 Å². The molecule has 0 aliphatic carbocycles. The van der Waals surface area contributed by atoms with Crippen molar-refractivity contribution >= 4 is 5.97 Å². The van der Waals surface area contributed by atoms with Gasteiger partial charge in [-0.25, -0.2) is 0 Å². The Bertz CT molecular complexity index is 1010. The number of aliphatic hydroxyl groups is 4. The van der Waals surface area contributed by atoms with Crippen LogP contribution in [0.2, 0.25) is 0 Å². The van der Waals surface area contributed by atoms with Crippen LogP contribution in [0.25, 0.3) is 0 Å². The Balaban J connectivity index is 2.11. The van der Waals surface area contributed by atoms with E-state index < -0.39 is 43.4 Å². The van der Waals surface area contributed by atoms with Gasteiger partial charge >= 0.3 is 5.97 Å². The molecule has 0 aromatic rings. The Morgan fingerprint density at radius 3 is 1.70 bits per heavy atom. The van der Waals surface area contributed by atoms with Crippen molar-refractivity contribution in [2.45, 2.75) is 192 Å². The van der Waals surface area contributed by atoms with E-state index in [1.807, 2.05) is 0 Å². The monoisotopic (exact) mass is 763 g/mol. The van der Waals surface area contributed by atoms with E-state index in [1.165, 1.54) is 57.8 Å². The lowest BCUT2D eigenvalue weighted by molar-refractivity contribution is -0.305. The molecule has 9 heteroatoms. The smallest absolute Gasteiger partial charge is 0.306 e. The van der Waals surface area contributed by atoms with E-state index in [0.29, 0.717) is 13.0 Å². The topological polar surface area (TPSA) is 135 Å². The molecular formula is C45H78O9. The molecule has 0 radical (unpaired) electrons. The predicted octanol–water partition coefficient (Wildman–Crippen LogP) is 9.13. The molecule has 0 saturated carbocycles. The summed E-state index contributed by atoms with van der Waals surface area (Å²) in [5.74, 6) is -0.331. The van der Waals surface area contributed by atoms with Gasteiger partial charge in [-0.15, -0.1) is 0 Å². The molecule has 0 aromatic carbocycles. The molecule has 1 fully saturated rings. The molecule has 54 heavy (non-hydrogen) atoms. The molecule has 1 heterocycles. The third-order valence-corrected chi connectivity index (χ3v) is 9.45. The van der Waals surface area contributed by atoms with Crippen LogP contribution in [0.5, 0.6) is 0 Å². The lowest BCUT2D eigenvalue weighted by Gasteiger charge is -2.39. The van der Waals surface area contributed by atoms with Gasteiger partial charge in [-0.2, -0.15) is 0 Å². The average Bonchev–Trinajstić information content (AvgIpc) is 3.17. The molecule has 0 bridgehead atoms. The molecule has 1 rings (SSSR count). The van der Waals surface area contributed by atoms with Crippen molar-refractivity contribution in [1.29, 1.82) is 0 Å². The number of ether oxygens (including phenoxy) is 4. The Kier molecular flexibility index (Phi) is 33.8. The minimum absolute atomic E-state index is 0.117. The minimum Gasteiger partial charge on any atom is -0.457 e. The number of rotatable bonds is 35. The number of allylic oxidation sites excluding steroid dienone is 10. The number of carbonyl (C=O) groups is 1. The molecule has 4 N–H and O–H groups in total. The first-order chi connectivity index (χ1) is 26.4. The molecule has 1 aliphatic heterocycles. The van der Waals surface area contributed by atoms with Crippen LogP contribution in [0.4, 0.5) is 0 Å². The second kappa shape index (κ2) is 36.5. The molecule has 9 nitrogen and oxygen atoms in total. The highest BCUT2D eigenvalue weighted by Gasteiger charge is 2.44. The van der Waals surface area contributed by atoms with Crippen LogP contribution in [0.15, 0.2) is 60.8 Å². The zero-order valence-electron chi connectivity index (χ0n) is 34.0. The maximum absolute atomic E-state index is 12.5. The van der Waals surface area contributed by atoms with Crippen LogP contribution in [-0.2, 0) is 23.7 Å². The maximum Gasteiger partial charge on any atom is 0.306 e. The highest BCUT2D eigenvalue weighted by Crippen LogP contribution is 2.22. The molecule has 0 aromatic heterocycles. The quantitative estimate of drug-likeness (QED) is 0.0283. The zero-order valence-corrected chi connectivity index (χ0v) is 34.0. The Hall–Kier alpha value is -2.11. The van der Waals surface area contributed by atoms with Gasteiger partial charge in [-0.3, -0.25) is 4.79 Å². The van der Waals surface area contributed by atoms with Gasteiger partial charge in [0, 0.05) is 13.0 Å². The lowest BCUT2D eigenvalue weighted by Crippen LogP contribution is -2.59. The van der Waals surface area contributed by atoms with Crippen molar-refractivity contribution in [3.8, 4) is 0 Å². The average molecular weight is 763 g/mol. The summed E-state index contributed by atoms with van der Waals surface area (Å²) in [6.07, 6.45) is 38.7. The van der Waals surface area contributed by atoms with Crippen molar-refractivity contribution in [1.82, 2.24) is 0 Å². The number of hydrogen-bond donors (Lipinski definition) is 4. The minimum atomic E-state index is -1.54. The summed E-state index contributed by atoms with van der Waals surface area (Å²) < 4.78 is 22.6. The summed E-state index contributed by atoms with van der Waals surface area (Å²) in [4.78, 5) is 12.5. The molecule has 0 amide bonds. The zero-order chi connectivity index (χ0) is 39.3. The first-order valence-corrected chi connectivity index (χ1v) is 21.4. The molecule has 0 spiro atoms. The van der Waals surface area contributed by atoms with Crippen LogP contribution in [0.1, 0.15) is 155 Å². The number of aliphatic hydroxyl groups excluding tert-OH is 4. The highest BCUT2D eigenvalue weighted by molar-refractivity contribution is 5.69. The first-order valence-electron chi connectivity index (χ1n) is 21.4. The van der Waals surface area contributed by atoms with Crippen LogP contribution in [-0.4, -0.2) is 89.6 Å². The second-order valence-electron chi connectivity index (χ2n) is 14.4. The van der Waals surface area contributed by atoms with E-state index in [0.717, 1.165) is 77.0 Å². The van der Waals surface area contributed by atoms with Crippen molar-refractivity contribution in [3.05, 3.63) is 60.8 Å². The molecule has 312 valence electrons. The maximum atomic E-state index is 12.5. The van der Waals surface area contributed by atoms with E-state index in [2.05, 4.69) is 74.6 Å². The predicted molar refractivity (Wildman–Crippen MR) is 219 cm³/mol. The lowest BCUT2D eigenvalue weighted by atomic mass is 9.99. The van der Waals surface area contributed by atoms with E-state index in [9.17, 15) is 25.2 Å². The van der Waals surface area contributed by atoms with E-state index in [1.54, 1.807) is 0 Å². The summed E-state index contributed by atoms with van der Waals surface area (Å²) in [7, 11) is 0. The number of carbonyl (C=O) groups excluding carboxylic acids is 1. The molecular weight excluding hydrogens is 684 g/mol. The van der Waals surface area contributed by atoms with Gasteiger partial charge < -0.3 is 39.4 Å². The van der Waals surface area contributed by atoms with Gasteiger partial charge in [-0.1, -0.05) is 152 Å². The first kappa shape index (κ1) is 49.9. The van der Waals surface area contributed by atoms with E-state index in [4.69, 9.17) is 18.9 Å². The fraction of sp³-hybridized carbons (Fsp3) is 0.756. The fourth-order valence-electron chi connectivity index (χ4n) is 6.11. The summed E-state index contributed by atoms with van der Waals surface area (Å²) in [6.45, 7) is 4.33. The molecule has 1 saturated heterocycles. The normalized spacial score (nSPS) is 21.5. The Morgan fingerprint density at radius 1 is 0.611 bits per heavy atom. The van der Waals surface area contributed by atoms with Crippen LogP contribution in [0.3, 0.4) is 0 Å². The second-order valence-corrected chi connectivity index (χ2v) is 14.4. The summed E-state index contributed by atoms with van der Waals surface area (Å²) >= 11 is 0. The van der Waals surface area contributed by atoms with Gasteiger partial charge in [0.25, 0.3) is 0 Å². The van der Waals surface area contributed by atoms with Gasteiger partial charge in [-0.05, 0) is 57.8 Å². The van der Waals surface area contributed by atoms with E-state index >= 15 is 0 Å². The highest BCUT2D eigenvalue weighted by atomic mass is 16.7. The van der Waals surface area contributed by atoms with Gasteiger partial charge in [0.2, 0.25) is 0 Å². The molecule has 6 unspecified atom stereocenters. The summed E-state index contributed by atoms with van der Waals surface area (Å²) in [6, 6.07) is 0. The fourth-order valence-corrected chi connectivity index (χ4v) is 6.11. The van der Waals surface area contributed by atoms with Gasteiger partial charge in [0.1, 0.15) is 30.5 Å². The summed E-state index contributed by atoms with van der Waals surface area (Å²) in [5, 5.41) is 39.8. The molecule has 6 atom stereocenters. The SMILES string of the molecule is CC/C=C\C/C=C\C/C=C\C/C=C\C/C=C\CCCCCCCCCCCCOCC(COC1OC(CO)C(O)C(O)C1O)OC(=O)CCCCCCC. The van der Waals surface area contributed by atoms with Crippen LogP contribution >= 0.6 is 0 Å². The van der Waals surface area contributed by atoms with E-state index in [-0.39, 0.29) is 19.2 Å². The standard InChI is InChI=1S/C45H78O9/c1-3-5-7-9-10-11-12-13-14-15-16-17-18-19-20-21-22-23-24-25-26-27-28-29-31-33-35-51-37-39(53-41(47)34-32-30-8-6-4-2)38-52-45-44(50)43(49)42(48)40(36-46)54-45/h5,7,10-11,13-14,16-17,19-20,39-40,42-46,48-50H,3-4,6,8-9,12,15,18,21-38H2,1-2H3/b7-5-,11-10-,14-13-,17-16-,20-19-. The number of hydrogen-bond acceptors (Lipinski definition) is 9. The van der Waals surface area contributed by atoms with Crippen LogP contribution in [0, 0.1) is 0 Å². The summed E-state index contributed by atoms with van der Waals surface area (Å²) in [5.41, 5.74) is 0. The third kappa shape index (κ3) is 27.5. The Labute approximate surface area is 328 Å². The number of esters is 1. The third-order valence-electron chi connectivity index (χ3n) is 9.45.